The van der Waals surface area contributed by atoms with Crippen molar-refractivity contribution in [3.8, 4) is 0 Å². The van der Waals surface area contributed by atoms with Crippen LogP contribution in [-0.4, -0.2) is 18.5 Å². The van der Waals surface area contributed by atoms with E-state index in [1.54, 1.807) is 0 Å². The fourth-order valence-corrected chi connectivity index (χ4v) is 1.39. The van der Waals surface area contributed by atoms with Crippen LogP contribution < -0.4 is 0 Å². The lowest BCUT2D eigenvalue weighted by molar-refractivity contribution is -0.128. The normalized spacial score (nSPS) is 25.1. The van der Waals surface area contributed by atoms with Crippen LogP contribution >= 0.6 is 0 Å². The Hall–Kier alpha value is -0.630. The molecule has 1 aliphatic rings. The van der Waals surface area contributed by atoms with E-state index in [1.165, 1.54) is 0 Å². The number of ether oxygens (including phenoxy) is 1. The first-order valence-electron chi connectivity index (χ1n) is 4.57. The van der Waals surface area contributed by atoms with Crippen LogP contribution in [0.2, 0.25) is 0 Å². The molecule has 1 rings (SSSR count). The van der Waals surface area contributed by atoms with Crippen LogP contribution in [0.5, 0.6) is 0 Å². The van der Waals surface area contributed by atoms with E-state index in [4.69, 9.17) is 4.74 Å². The fraction of sp³-hybridized carbons (Fsp3) is 0.700. The van der Waals surface area contributed by atoms with Gasteiger partial charge in [-0.1, -0.05) is 12.2 Å². The van der Waals surface area contributed by atoms with Crippen LogP contribution in [0.4, 0.5) is 0 Å². The molecule has 0 spiro atoms. The maximum Gasteiger partial charge on any atom is 0.137 e. The summed E-state index contributed by atoms with van der Waals surface area (Å²) in [5.41, 5.74) is 0. The number of Topliss-reactive ketones (excluding diaryl/α,β-unsaturated/α-hetero) is 1. The van der Waals surface area contributed by atoms with Crippen LogP contribution in [0.15, 0.2) is 12.2 Å². The minimum Gasteiger partial charge on any atom is -0.377 e. The average molecular weight is 168 g/mol. The Balaban J connectivity index is 2.18. The molecule has 12 heavy (non-hydrogen) atoms. The summed E-state index contributed by atoms with van der Waals surface area (Å²) in [6, 6.07) is 0. The lowest BCUT2D eigenvalue weighted by Gasteiger charge is -2.20. The van der Waals surface area contributed by atoms with Crippen LogP contribution in [0, 0.1) is 0 Å². The molecule has 0 saturated carbocycles. The van der Waals surface area contributed by atoms with Crippen molar-refractivity contribution in [1.29, 1.82) is 0 Å². The van der Waals surface area contributed by atoms with Crippen molar-refractivity contribution in [2.75, 3.05) is 6.61 Å². The molecule has 1 fully saturated rings. The smallest absolute Gasteiger partial charge is 0.137 e. The van der Waals surface area contributed by atoms with Crippen LogP contribution in [0.3, 0.4) is 0 Å². The molecular weight excluding hydrogens is 152 g/mol. The van der Waals surface area contributed by atoms with Gasteiger partial charge in [0.25, 0.3) is 0 Å². The zero-order valence-electron chi connectivity index (χ0n) is 7.58. The molecular formula is C10H16O2. The van der Waals surface area contributed by atoms with Gasteiger partial charge in [0, 0.05) is 12.8 Å². The lowest BCUT2D eigenvalue weighted by Crippen LogP contribution is -2.25. The highest BCUT2D eigenvalue weighted by Gasteiger charge is 2.18. The molecule has 0 bridgehead atoms. The third-order valence-corrected chi connectivity index (χ3v) is 2.08. The van der Waals surface area contributed by atoms with Gasteiger partial charge in [0.2, 0.25) is 0 Å². The van der Waals surface area contributed by atoms with Gasteiger partial charge in [-0.3, -0.25) is 4.79 Å². The summed E-state index contributed by atoms with van der Waals surface area (Å²) >= 11 is 0. The second kappa shape index (κ2) is 5.09. The number of ketones is 1. The highest BCUT2D eigenvalue weighted by molar-refractivity contribution is 5.79. The molecule has 0 amide bonds. The average Bonchev–Trinajstić information content (AvgIpc) is 2.05. The van der Waals surface area contributed by atoms with Gasteiger partial charge >= 0.3 is 0 Å². The second-order valence-corrected chi connectivity index (χ2v) is 3.13. The van der Waals surface area contributed by atoms with Gasteiger partial charge in [-0.25, -0.2) is 0 Å². The Labute approximate surface area is 73.6 Å². The molecule has 0 aromatic carbocycles. The molecule has 1 unspecified atom stereocenters. The summed E-state index contributed by atoms with van der Waals surface area (Å²) in [5, 5.41) is 0. The van der Waals surface area contributed by atoms with Crippen LogP contribution in [0.25, 0.3) is 0 Å². The summed E-state index contributed by atoms with van der Waals surface area (Å²) in [5.74, 6) is 0.353. The first-order chi connectivity index (χ1) is 5.83. The number of hydrogen-bond acceptors (Lipinski definition) is 2. The predicted octanol–water partition coefficient (Wildman–Crippen LogP) is 2.09. The minimum atomic E-state index is 0.183. The predicted molar refractivity (Wildman–Crippen MR) is 48.0 cm³/mol. The van der Waals surface area contributed by atoms with Gasteiger partial charge in [-0.05, 0) is 19.8 Å². The Bertz CT molecular complexity index is 173. The Morgan fingerprint density at radius 2 is 2.50 bits per heavy atom. The summed E-state index contributed by atoms with van der Waals surface area (Å²) in [6.07, 6.45) is 7.57. The van der Waals surface area contributed by atoms with E-state index < -0.39 is 0 Å². The summed E-state index contributed by atoms with van der Waals surface area (Å²) < 4.78 is 5.44. The summed E-state index contributed by atoms with van der Waals surface area (Å²) in [7, 11) is 0. The fourth-order valence-electron chi connectivity index (χ4n) is 1.39. The highest BCUT2D eigenvalue weighted by atomic mass is 16.5. The second-order valence-electron chi connectivity index (χ2n) is 3.13. The van der Waals surface area contributed by atoms with Crippen molar-refractivity contribution in [3.63, 3.8) is 0 Å². The van der Waals surface area contributed by atoms with Gasteiger partial charge in [-0.15, -0.1) is 0 Å². The highest BCUT2D eigenvalue weighted by Crippen LogP contribution is 2.14. The third kappa shape index (κ3) is 3.18. The van der Waals surface area contributed by atoms with E-state index in [9.17, 15) is 4.79 Å². The number of carbonyl (C=O) groups excluding carboxylic acids is 1. The molecule has 1 aliphatic heterocycles. The molecule has 1 heterocycles. The minimum absolute atomic E-state index is 0.183. The topological polar surface area (TPSA) is 26.3 Å². The zero-order chi connectivity index (χ0) is 8.81. The van der Waals surface area contributed by atoms with Crippen molar-refractivity contribution in [2.45, 2.75) is 38.7 Å². The molecule has 0 aromatic heterocycles. The van der Waals surface area contributed by atoms with Gasteiger partial charge in [0.05, 0.1) is 12.7 Å². The molecule has 0 aromatic rings. The zero-order valence-corrected chi connectivity index (χ0v) is 7.58. The van der Waals surface area contributed by atoms with Crippen molar-refractivity contribution in [1.82, 2.24) is 0 Å². The first kappa shape index (κ1) is 9.46. The molecule has 2 heteroatoms. The van der Waals surface area contributed by atoms with E-state index >= 15 is 0 Å². The van der Waals surface area contributed by atoms with E-state index in [0.29, 0.717) is 25.2 Å². The van der Waals surface area contributed by atoms with E-state index in [2.05, 4.69) is 6.08 Å². The summed E-state index contributed by atoms with van der Waals surface area (Å²) in [6.45, 7) is 2.63. The third-order valence-electron chi connectivity index (χ3n) is 2.08. The maximum atomic E-state index is 11.0. The van der Waals surface area contributed by atoms with Crippen LogP contribution in [-0.2, 0) is 9.53 Å². The molecule has 1 saturated heterocycles. The number of carbonyl (C=O) groups is 1. The molecule has 68 valence electrons. The lowest BCUT2D eigenvalue weighted by atomic mass is 10.0. The largest absolute Gasteiger partial charge is 0.377 e. The van der Waals surface area contributed by atoms with Crippen molar-refractivity contribution in [2.24, 2.45) is 0 Å². The quantitative estimate of drug-likeness (QED) is 0.603. The summed E-state index contributed by atoms with van der Waals surface area (Å²) in [4.78, 5) is 11.0. The molecule has 1 atom stereocenters. The van der Waals surface area contributed by atoms with Crippen molar-refractivity contribution >= 4 is 5.78 Å². The van der Waals surface area contributed by atoms with Crippen LogP contribution in [0.1, 0.15) is 32.6 Å². The Morgan fingerprint density at radius 1 is 1.67 bits per heavy atom. The van der Waals surface area contributed by atoms with Gasteiger partial charge in [0.1, 0.15) is 5.78 Å². The van der Waals surface area contributed by atoms with E-state index in [-0.39, 0.29) is 6.10 Å². The molecule has 0 N–H and O–H groups in total. The van der Waals surface area contributed by atoms with E-state index in [0.717, 1.165) is 12.8 Å². The Morgan fingerprint density at radius 3 is 3.17 bits per heavy atom. The first-order valence-corrected chi connectivity index (χ1v) is 4.57. The maximum absolute atomic E-state index is 11.0. The van der Waals surface area contributed by atoms with Crippen molar-refractivity contribution in [3.05, 3.63) is 12.2 Å². The molecule has 0 radical (unpaired) electrons. The van der Waals surface area contributed by atoms with E-state index in [1.807, 2.05) is 13.0 Å². The number of allylic oxidation sites excluding steroid dienone is 2. The Kier molecular flexibility index (Phi) is 4.01. The monoisotopic (exact) mass is 168 g/mol. The number of rotatable bonds is 3. The SMILES string of the molecule is CC=CCCC1CC(=O)CCO1. The van der Waals surface area contributed by atoms with Crippen molar-refractivity contribution < 1.29 is 9.53 Å². The molecule has 2 nitrogen and oxygen atoms in total. The van der Waals surface area contributed by atoms with Gasteiger partial charge < -0.3 is 4.74 Å². The molecule has 0 aliphatic carbocycles. The standard InChI is InChI=1S/C10H16O2/c1-2-3-4-5-10-8-9(11)6-7-12-10/h2-3,10H,4-8H2,1H3. The number of hydrogen-bond donors (Lipinski definition) is 0. The van der Waals surface area contributed by atoms with Gasteiger partial charge in [0.15, 0.2) is 0 Å². The van der Waals surface area contributed by atoms with Gasteiger partial charge in [-0.2, -0.15) is 0 Å².